The van der Waals surface area contributed by atoms with Crippen LogP contribution in [0.15, 0.2) is 48.5 Å². The third-order valence-corrected chi connectivity index (χ3v) is 3.12. The first kappa shape index (κ1) is 13.9. The van der Waals surface area contributed by atoms with Crippen LogP contribution in [0.3, 0.4) is 0 Å². The van der Waals surface area contributed by atoms with Crippen LogP contribution in [0.25, 0.3) is 11.4 Å². The van der Waals surface area contributed by atoms with Crippen LogP contribution < -0.4 is 5.73 Å². The number of carbonyl (C=O) groups excluding carboxylic acids is 1. The molecule has 1 heterocycles. The highest BCUT2D eigenvalue weighted by molar-refractivity contribution is 5.92. The lowest BCUT2D eigenvalue weighted by Gasteiger charge is -2.00. The molecule has 1 aromatic heterocycles. The molecule has 0 bridgehead atoms. The Labute approximate surface area is 125 Å². The fourth-order valence-electron chi connectivity index (χ4n) is 1.96. The summed E-state index contributed by atoms with van der Waals surface area (Å²) in [6, 6.07) is 12.7. The third-order valence-electron chi connectivity index (χ3n) is 3.12. The zero-order valence-electron chi connectivity index (χ0n) is 11.5. The largest absolute Gasteiger partial charge is 0.366 e. The molecular formula is C15H12FN5O. The monoisotopic (exact) mass is 297 g/mol. The highest BCUT2D eigenvalue weighted by atomic mass is 19.1. The van der Waals surface area contributed by atoms with Gasteiger partial charge in [-0.1, -0.05) is 12.1 Å². The Balaban J connectivity index is 1.76. The molecule has 0 saturated carbocycles. The van der Waals surface area contributed by atoms with Crippen LogP contribution in [-0.4, -0.2) is 26.1 Å². The van der Waals surface area contributed by atoms with Gasteiger partial charge in [0.05, 0.1) is 6.54 Å². The first-order valence-corrected chi connectivity index (χ1v) is 6.54. The number of hydrogen-bond donors (Lipinski definition) is 1. The molecule has 0 aliphatic rings. The fourth-order valence-corrected chi connectivity index (χ4v) is 1.96. The lowest BCUT2D eigenvalue weighted by atomic mass is 10.1. The van der Waals surface area contributed by atoms with Crippen molar-refractivity contribution in [2.75, 3.05) is 0 Å². The molecule has 3 rings (SSSR count). The van der Waals surface area contributed by atoms with Gasteiger partial charge in [0.15, 0.2) is 0 Å². The first-order valence-electron chi connectivity index (χ1n) is 6.54. The van der Waals surface area contributed by atoms with Crippen LogP contribution in [0.2, 0.25) is 0 Å². The smallest absolute Gasteiger partial charge is 0.248 e. The molecule has 1 amide bonds. The predicted octanol–water partition coefficient (Wildman–Crippen LogP) is 1.63. The van der Waals surface area contributed by atoms with Gasteiger partial charge in [0, 0.05) is 11.1 Å². The van der Waals surface area contributed by atoms with E-state index < -0.39 is 5.91 Å². The van der Waals surface area contributed by atoms with E-state index in [1.54, 1.807) is 36.4 Å². The lowest BCUT2D eigenvalue weighted by Crippen LogP contribution is -2.11. The molecule has 2 aromatic carbocycles. The highest BCUT2D eigenvalue weighted by Crippen LogP contribution is 2.14. The average Bonchev–Trinajstić information content (AvgIpc) is 2.97. The molecule has 22 heavy (non-hydrogen) atoms. The maximum Gasteiger partial charge on any atom is 0.248 e. The van der Waals surface area contributed by atoms with Crippen molar-refractivity contribution in [3.8, 4) is 11.4 Å². The summed E-state index contributed by atoms with van der Waals surface area (Å²) in [5, 5.41) is 12.1. The Bertz CT molecular complexity index is 796. The van der Waals surface area contributed by atoms with Crippen LogP contribution in [-0.2, 0) is 6.54 Å². The molecule has 2 N–H and O–H groups in total. The summed E-state index contributed by atoms with van der Waals surface area (Å²) < 4.78 is 12.9. The number of hydrogen-bond acceptors (Lipinski definition) is 4. The Kier molecular flexibility index (Phi) is 3.61. The van der Waals surface area contributed by atoms with E-state index in [2.05, 4.69) is 15.4 Å². The Morgan fingerprint density at radius 1 is 1.09 bits per heavy atom. The summed E-state index contributed by atoms with van der Waals surface area (Å²) in [5.41, 5.74) is 7.24. The Hall–Kier alpha value is -3.09. The molecule has 0 saturated heterocycles. The summed E-state index contributed by atoms with van der Waals surface area (Å²) in [7, 11) is 0. The van der Waals surface area contributed by atoms with Gasteiger partial charge in [0.2, 0.25) is 11.7 Å². The minimum absolute atomic E-state index is 0.314. The molecule has 0 aliphatic heterocycles. The molecule has 0 unspecified atom stereocenters. The van der Waals surface area contributed by atoms with Gasteiger partial charge in [-0.15, -0.1) is 10.2 Å². The van der Waals surface area contributed by atoms with E-state index in [0.29, 0.717) is 23.5 Å². The maximum atomic E-state index is 12.9. The third kappa shape index (κ3) is 2.98. The van der Waals surface area contributed by atoms with Crippen LogP contribution in [0.5, 0.6) is 0 Å². The van der Waals surface area contributed by atoms with Crippen molar-refractivity contribution in [2.24, 2.45) is 5.73 Å². The molecule has 110 valence electrons. The van der Waals surface area contributed by atoms with Gasteiger partial charge in [-0.3, -0.25) is 4.79 Å². The zero-order chi connectivity index (χ0) is 15.5. The highest BCUT2D eigenvalue weighted by Gasteiger charge is 2.07. The standard InChI is InChI=1S/C15H12FN5O/c16-13-7-5-12(6-8-13)15-18-20-21(19-15)9-10-1-3-11(4-2-10)14(17)22/h1-8H,9H2,(H2,17,22). The van der Waals surface area contributed by atoms with Crippen molar-refractivity contribution >= 4 is 5.91 Å². The second-order valence-corrected chi connectivity index (χ2v) is 4.71. The van der Waals surface area contributed by atoms with E-state index in [9.17, 15) is 9.18 Å². The summed E-state index contributed by atoms with van der Waals surface area (Å²) in [6.45, 7) is 0.410. The summed E-state index contributed by atoms with van der Waals surface area (Å²) in [4.78, 5) is 12.4. The van der Waals surface area contributed by atoms with Crippen molar-refractivity contribution in [1.29, 1.82) is 0 Å². The number of halogens is 1. The quantitative estimate of drug-likeness (QED) is 0.793. The van der Waals surface area contributed by atoms with Crippen molar-refractivity contribution in [1.82, 2.24) is 20.2 Å². The van der Waals surface area contributed by atoms with Crippen LogP contribution in [0.1, 0.15) is 15.9 Å². The van der Waals surface area contributed by atoms with Gasteiger partial charge in [-0.25, -0.2) is 4.39 Å². The number of benzene rings is 2. The van der Waals surface area contributed by atoms with Crippen molar-refractivity contribution < 1.29 is 9.18 Å². The number of nitrogens with two attached hydrogens (primary N) is 1. The Morgan fingerprint density at radius 2 is 1.77 bits per heavy atom. The summed E-state index contributed by atoms with van der Waals surface area (Å²) in [5.74, 6) is -0.358. The fraction of sp³-hybridized carbons (Fsp3) is 0.0667. The van der Waals surface area contributed by atoms with Crippen molar-refractivity contribution in [2.45, 2.75) is 6.54 Å². The number of tetrazole rings is 1. The number of rotatable bonds is 4. The Morgan fingerprint density at radius 3 is 2.41 bits per heavy atom. The van der Waals surface area contributed by atoms with Crippen LogP contribution >= 0.6 is 0 Å². The molecule has 0 fully saturated rings. The normalized spacial score (nSPS) is 10.6. The van der Waals surface area contributed by atoms with Crippen LogP contribution in [0.4, 0.5) is 4.39 Å². The molecule has 0 atom stereocenters. The topological polar surface area (TPSA) is 86.7 Å². The van der Waals surface area contributed by atoms with E-state index in [1.807, 2.05) is 0 Å². The van der Waals surface area contributed by atoms with E-state index >= 15 is 0 Å². The molecular weight excluding hydrogens is 285 g/mol. The first-order chi connectivity index (χ1) is 10.6. The number of nitrogens with zero attached hydrogens (tertiary/aromatic N) is 4. The van der Waals surface area contributed by atoms with Crippen LogP contribution in [0, 0.1) is 5.82 Å². The van der Waals surface area contributed by atoms with Gasteiger partial charge < -0.3 is 5.73 Å². The summed E-state index contributed by atoms with van der Waals surface area (Å²) in [6.07, 6.45) is 0. The van der Waals surface area contributed by atoms with E-state index in [-0.39, 0.29) is 5.82 Å². The molecule has 3 aromatic rings. The molecule has 7 heteroatoms. The van der Waals surface area contributed by atoms with Gasteiger partial charge in [0.1, 0.15) is 5.82 Å². The maximum absolute atomic E-state index is 12.9. The predicted molar refractivity (Wildman–Crippen MR) is 77.3 cm³/mol. The average molecular weight is 297 g/mol. The van der Waals surface area contributed by atoms with Crippen molar-refractivity contribution in [3.63, 3.8) is 0 Å². The van der Waals surface area contributed by atoms with E-state index in [1.165, 1.54) is 16.9 Å². The minimum atomic E-state index is -0.468. The molecule has 6 nitrogen and oxygen atoms in total. The van der Waals surface area contributed by atoms with E-state index in [4.69, 9.17) is 5.73 Å². The second-order valence-electron chi connectivity index (χ2n) is 4.71. The van der Waals surface area contributed by atoms with Gasteiger partial charge in [-0.2, -0.15) is 4.80 Å². The SMILES string of the molecule is NC(=O)c1ccc(Cn2nnc(-c3ccc(F)cc3)n2)cc1. The second kappa shape index (κ2) is 5.72. The summed E-state index contributed by atoms with van der Waals surface area (Å²) >= 11 is 0. The molecule has 0 aliphatic carbocycles. The number of amides is 1. The van der Waals surface area contributed by atoms with Gasteiger partial charge in [-0.05, 0) is 47.2 Å². The minimum Gasteiger partial charge on any atom is -0.366 e. The van der Waals surface area contributed by atoms with Gasteiger partial charge >= 0.3 is 0 Å². The zero-order valence-corrected chi connectivity index (χ0v) is 11.5. The lowest BCUT2D eigenvalue weighted by molar-refractivity contribution is 0.100. The van der Waals surface area contributed by atoms with Gasteiger partial charge in [0.25, 0.3) is 0 Å². The molecule has 0 spiro atoms. The van der Waals surface area contributed by atoms with Crippen molar-refractivity contribution in [3.05, 3.63) is 65.5 Å². The number of primary amides is 1. The molecule has 0 radical (unpaired) electrons. The number of carbonyl (C=O) groups is 1. The van der Waals surface area contributed by atoms with E-state index in [0.717, 1.165) is 5.56 Å². The number of aromatic nitrogens is 4.